The lowest BCUT2D eigenvalue weighted by atomic mass is 10.2. The number of amides is 1. The molecule has 2 aromatic rings. The number of nitriles is 1. The number of anilines is 1. The van der Waals surface area contributed by atoms with Crippen molar-refractivity contribution in [1.82, 2.24) is 4.57 Å². The highest BCUT2D eigenvalue weighted by atomic mass is 79.9. The van der Waals surface area contributed by atoms with Gasteiger partial charge in [0.05, 0.1) is 22.3 Å². The molecular weight excluding hydrogens is 342 g/mol. The zero-order valence-electron chi connectivity index (χ0n) is 10.7. The Labute approximate surface area is 130 Å². The molecule has 0 radical (unpaired) electrons. The predicted molar refractivity (Wildman–Crippen MR) is 81.9 cm³/mol. The molecular formula is C14H11BrClN3O. The summed E-state index contributed by atoms with van der Waals surface area (Å²) in [6, 6.07) is 8.49. The number of nitrogens with one attached hydrogen (secondary N) is 1. The van der Waals surface area contributed by atoms with Crippen LogP contribution in [0.3, 0.4) is 0 Å². The molecule has 0 saturated carbocycles. The van der Waals surface area contributed by atoms with Gasteiger partial charge in [-0.1, -0.05) is 11.6 Å². The van der Waals surface area contributed by atoms with Crippen molar-refractivity contribution in [3.05, 3.63) is 51.2 Å². The molecule has 1 heterocycles. The summed E-state index contributed by atoms with van der Waals surface area (Å²) in [5.41, 5.74) is 1.48. The molecule has 4 nitrogen and oxygen atoms in total. The third-order valence-corrected chi connectivity index (χ3v) is 3.53. The largest absolute Gasteiger partial charge is 0.343 e. The molecule has 20 heavy (non-hydrogen) atoms. The number of aryl methyl sites for hydroxylation is 1. The van der Waals surface area contributed by atoms with Crippen LogP contribution in [-0.2, 0) is 6.54 Å². The molecule has 0 atom stereocenters. The molecule has 1 aromatic carbocycles. The number of carbonyl (C=O) groups excluding carboxylic acids is 1. The minimum absolute atomic E-state index is 0.246. The van der Waals surface area contributed by atoms with Crippen LogP contribution in [0.4, 0.5) is 5.69 Å². The molecule has 0 saturated heterocycles. The molecule has 0 fully saturated rings. The van der Waals surface area contributed by atoms with Gasteiger partial charge in [0.2, 0.25) is 0 Å². The topological polar surface area (TPSA) is 57.8 Å². The average molecular weight is 353 g/mol. The summed E-state index contributed by atoms with van der Waals surface area (Å²) >= 11 is 9.38. The molecule has 6 heteroatoms. The second-order valence-corrected chi connectivity index (χ2v) is 5.41. The van der Waals surface area contributed by atoms with E-state index in [-0.39, 0.29) is 5.91 Å². The Balaban J connectivity index is 2.26. The van der Waals surface area contributed by atoms with Gasteiger partial charge in [0.15, 0.2) is 0 Å². The van der Waals surface area contributed by atoms with Gasteiger partial charge in [0.1, 0.15) is 5.69 Å². The van der Waals surface area contributed by atoms with Crippen LogP contribution in [0.5, 0.6) is 0 Å². The van der Waals surface area contributed by atoms with Gasteiger partial charge in [-0.3, -0.25) is 4.79 Å². The molecule has 0 aliphatic rings. The van der Waals surface area contributed by atoms with Gasteiger partial charge in [-0.05, 0) is 47.1 Å². The third kappa shape index (κ3) is 3.03. The van der Waals surface area contributed by atoms with Crippen molar-refractivity contribution < 1.29 is 4.79 Å². The van der Waals surface area contributed by atoms with E-state index in [1.165, 1.54) is 6.07 Å². The van der Waals surface area contributed by atoms with Crippen molar-refractivity contribution in [1.29, 1.82) is 5.26 Å². The zero-order chi connectivity index (χ0) is 14.7. The average Bonchev–Trinajstić information content (AvgIpc) is 2.82. The number of nitrogens with zero attached hydrogens (tertiary/aromatic N) is 2. The highest BCUT2D eigenvalue weighted by Gasteiger charge is 2.14. The Morgan fingerprint density at radius 1 is 1.50 bits per heavy atom. The van der Waals surface area contributed by atoms with E-state index >= 15 is 0 Å². The number of carbonyl (C=O) groups is 1. The van der Waals surface area contributed by atoms with E-state index in [1.54, 1.807) is 18.2 Å². The van der Waals surface area contributed by atoms with Gasteiger partial charge in [-0.25, -0.2) is 0 Å². The maximum Gasteiger partial charge on any atom is 0.272 e. The monoisotopic (exact) mass is 351 g/mol. The van der Waals surface area contributed by atoms with E-state index in [2.05, 4.69) is 21.2 Å². The molecule has 1 aromatic heterocycles. The first-order valence-corrected chi connectivity index (χ1v) is 7.09. The van der Waals surface area contributed by atoms with Crippen molar-refractivity contribution in [2.45, 2.75) is 13.5 Å². The fourth-order valence-electron chi connectivity index (χ4n) is 1.80. The van der Waals surface area contributed by atoms with Crippen LogP contribution in [0.1, 0.15) is 23.0 Å². The van der Waals surface area contributed by atoms with Gasteiger partial charge in [-0.2, -0.15) is 5.26 Å². The van der Waals surface area contributed by atoms with Crippen LogP contribution in [0.2, 0.25) is 5.02 Å². The van der Waals surface area contributed by atoms with Crippen LogP contribution in [0, 0.1) is 11.3 Å². The fourth-order valence-corrected chi connectivity index (χ4v) is 2.49. The van der Waals surface area contributed by atoms with Crippen molar-refractivity contribution in [2.75, 3.05) is 5.32 Å². The number of rotatable bonds is 3. The Hall–Kier alpha value is -1.77. The lowest BCUT2D eigenvalue weighted by Gasteiger charge is -2.09. The number of aromatic nitrogens is 1. The summed E-state index contributed by atoms with van der Waals surface area (Å²) in [7, 11) is 0. The molecule has 0 aliphatic heterocycles. The second-order valence-electron chi connectivity index (χ2n) is 4.09. The van der Waals surface area contributed by atoms with Gasteiger partial charge in [0.25, 0.3) is 5.91 Å². The van der Waals surface area contributed by atoms with E-state index in [9.17, 15) is 4.79 Å². The van der Waals surface area contributed by atoms with Crippen molar-refractivity contribution in [3.63, 3.8) is 0 Å². The Kier molecular flexibility index (Phi) is 4.48. The van der Waals surface area contributed by atoms with Crippen LogP contribution >= 0.6 is 27.5 Å². The van der Waals surface area contributed by atoms with Crippen molar-refractivity contribution >= 4 is 39.1 Å². The van der Waals surface area contributed by atoms with Gasteiger partial charge >= 0.3 is 0 Å². The summed E-state index contributed by atoms with van der Waals surface area (Å²) in [5, 5.41) is 11.9. The highest BCUT2D eigenvalue weighted by molar-refractivity contribution is 9.10. The van der Waals surface area contributed by atoms with Gasteiger partial charge in [-0.15, -0.1) is 0 Å². The Morgan fingerprint density at radius 2 is 2.25 bits per heavy atom. The molecule has 1 N–H and O–H groups in total. The second kappa shape index (κ2) is 6.12. The lowest BCUT2D eigenvalue weighted by molar-refractivity contribution is 0.101. The zero-order valence-corrected chi connectivity index (χ0v) is 13.0. The lowest BCUT2D eigenvalue weighted by Crippen LogP contribution is -2.16. The smallest absolute Gasteiger partial charge is 0.272 e. The van der Waals surface area contributed by atoms with Crippen LogP contribution in [0.15, 0.2) is 34.9 Å². The highest BCUT2D eigenvalue weighted by Crippen LogP contribution is 2.24. The fraction of sp³-hybridized carbons (Fsp3) is 0.143. The van der Waals surface area contributed by atoms with Crippen LogP contribution in [-0.4, -0.2) is 10.5 Å². The molecule has 2 rings (SSSR count). The van der Waals surface area contributed by atoms with Crippen LogP contribution < -0.4 is 5.32 Å². The minimum Gasteiger partial charge on any atom is -0.343 e. The maximum atomic E-state index is 12.2. The first-order chi connectivity index (χ1) is 9.55. The summed E-state index contributed by atoms with van der Waals surface area (Å²) in [5.74, 6) is -0.246. The standard InChI is InChI=1S/C14H11BrClN3O/c1-2-19-8-10(15)6-13(19)14(20)18-12-4-3-9(7-17)5-11(12)16/h3-6,8H,2H2,1H3,(H,18,20). The number of benzene rings is 1. The SMILES string of the molecule is CCn1cc(Br)cc1C(=O)Nc1ccc(C#N)cc1Cl. The van der Waals surface area contributed by atoms with Gasteiger partial charge in [0, 0.05) is 17.2 Å². The van der Waals surface area contributed by atoms with Gasteiger partial charge < -0.3 is 9.88 Å². The minimum atomic E-state index is -0.246. The summed E-state index contributed by atoms with van der Waals surface area (Å²) in [6.45, 7) is 2.65. The quantitative estimate of drug-likeness (QED) is 0.906. The first kappa shape index (κ1) is 14.6. The molecule has 102 valence electrons. The van der Waals surface area contributed by atoms with E-state index in [1.807, 2.05) is 23.8 Å². The van der Waals surface area contributed by atoms with E-state index in [0.717, 1.165) is 4.47 Å². The third-order valence-electron chi connectivity index (χ3n) is 2.78. The summed E-state index contributed by atoms with van der Waals surface area (Å²) in [6.07, 6.45) is 1.84. The molecule has 1 amide bonds. The summed E-state index contributed by atoms with van der Waals surface area (Å²) < 4.78 is 2.67. The van der Waals surface area contributed by atoms with Crippen molar-refractivity contribution in [3.8, 4) is 6.07 Å². The number of hydrogen-bond acceptors (Lipinski definition) is 2. The first-order valence-electron chi connectivity index (χ1n) is 5.91. The Morgan fingerprint density at radius 3 is 2.85 bits per heavy atom. The number of halogens is 2. The summed E-state index contributed by atoms with van der Waals surface area (Å²) in [4.78, 5) is 12.2. The van der Waals surface area contributed by atoms with Crippen molar-refractivity contribution in [2.24, 2.45) is 0 Å². The number of hydrogen-bond donors (Lipinski definition) is 1. The predicted octanol–water partition coefficient (Wildman–Crippen LogP) is 4.05. The van der Waals surface area contributed by atoms with Crippen LogP contribution in [0.25, 0.3) is 0 Å². The normalized spacial score (nSPS) is 10.1. The molecule has 0 unspecified atom stereocenters. The maximum absolute atomic E-state index is 12.2. The van der Waals surface area contributed by atoms with E-state index in [4.69, 9.17) is 16.9 Å². The van der Waals surface area contributed by atoms with E-state index in [0.29, 0.717) is 28.5 Å². The molecule has 0 bridgehead atoms. The van der Waals surface area contributed by atoms with E-state index < -0.39 is 0 Å². The Bertz CT molecular complexity index is 703. The molecule has 0 spiro atoms. The molecule has 0 aliphatic carbocycles.